The van der Waals surface area contributed by atoms with Crippen LogP contribution in [0.1, 0.15) is 38.1 Å². The maximum Gasteiger partial charge on any atom is 0.160 e. The van der Waals surface area contributed by atoms with Gasteiger partial charge in [0.2, 0.25) is 0 Å². The fourth-order valence-electron chi connectivity index (χ4n) is 2.41. The summed E-state index contributed by atoms with van der Waals surface area (Å²) in [4.78, 5) is 4.45. The zero-order valence-electron chi connectivity index (χ0n) is 10.1. The van der Waals surface area contributed by atoms with Crippen molar-refractivity contribution in [2.24, 2.45) is 0 Å². The SMILES string of the molecule is CCc1nn(C2CCCCO2)c2ncccc12. The van der Waals surface area contributed by atoms with Crippen molar-refractivity contribution in [3.8, 4) is 0 Å². The Bertz CT molecular complexity index is 514. The standard InChI is InChI=1S/C13H17N3O/c1-2-11-10-6-5-8-14-13(10)16(15-11)12-7-3-4-9-17-12/h5-6,8,12H,2-4,7,9H2,1H3. The van der Waals surface area contributed by atoms with E-state index in [1.165, 1.54) is 6.42 Å². The number of pyridine rings is 1. The molecule has 0 bridgehead atoms. The number of aromatic nitrogens is 3. The number of hydrogen-bond acceptors (Lipinski definition) is 3. The Labute approximate surface area is 101 Å². The van der Waals surface area contributed by atoms with Crippen LogP contribution in [-0.2, 0) is 11.2 Å². The zero-order chi connectivity index (χ0) is 11.7. The molecule has 0 aliphatic carbocycles. The number of nitrogens with zero attached hydrogens (tertiary/aromatic N) is 3. The highest BCUT2D eigenvalue weighted by Crippen LogP contribution is 2.26. The molecule has 3 rings (SSSR count). The average Bonchev–Trinajstić information content (AvgIpc) is 2.78. The van der Waals surface area contributed by atoms with Gasteiger partial charge in [0.05, 0.1) is 5.69 Å². The quantitative estimate of drug-likeness (QED) is 0.797. The summed E-state index contributed by atoms with van der Waals surface area (Å²) in [5.74, 6) is 0. The summed E-state index contributed by atoms with van der Waals surface area (Å²) in [6, 6.07) is 4.06. The minimum absolute atomic E-state index is 0.0708. The zero-order valence-corrected chi connectivity index (χ0v) is 10.1. The number of rotatable bonds is 2. The van der Waals surface area contributed by atoms with E-state index in [9.17, 15) is 0 Å². The normalized spacial score (nSPS) is 20.9. The molecule has 0 spiro atoms. The second-order valence-electron chi connectivity index (χ2n) is 4.44. The molecule has 4 nitrogen and oxygen atoms in total. The lowest BCUT2D eigenvalue weighted by Gasteiger charge is -2.22. The number of aryl methyl sites for hydroxylation is 1. The summed E-state index contributed by atoms with van der Waals surface area (Å²) in [7, 11) is 0. The molecule has 1 unspecified atom stereocenters. The third-order valence-electron chi connectivity index (χ3n) is 3.31. The van der Waals surface area contributed by atoms with E-state index in [0.717, 1.165) is 42.6 Å². The Morgan fingerprint density at radius 3 is 3.18 bits per heavy atom. The van der Waals surface area contributed by atoms with Crippen LogP contribution in [0.2, 0.25) is 0 Å². The number of ether oxygens (including phenoxy) is 1. The molecule has 1 atom stereocenters. The first kappa shape index (κ1) is 10.7. The first-order chi connectivity index (χ1) is 8.40. The van der Waals surface area contributed by atoms with Gasteiger partial charge in [-0.2, -0.15) is 5.10 Å². The highest BCUT2D eigenvalue weighted by Gasteiger charge is 2.20. The summed E-state index contributed by atoms with van der Waals surface area (Å²) in [6.45, 7) is 2.96. The monoisotopic (exact) mass is 231 g/mol. The van der Waals surface area contributed by atoms with Crippen molar-refractivity contribution in [3.63, 3.8) is 0 Å². The van der Waals surface area contributed by atoms with Crippen LogP contribution >= 0.6 is 0 Å². The molecule has 3 heterocycles. The molecule has 0 amide bonds. The molecule has 1 saturated heterocycles. The molecular formula is C13H17N3O. The van der Waals surface area contributed by atoms with Crippen LogP contribution in [0.4, 0.5) is 0 Å². The third-order valence-corrected chi connectivity index (χ3v) is 3.31. The highest BCUT2D eigenvalue weighted by atomic mass is 16.5. The minimum atomic E-state index is 0.0708. The van der Waals surface area contributed by atoms with Crippen molar-refractivity contribution in [1.29, 1.82) is 0 Å². The Balaban J connectivity index is 2.08. The summed E-state index contributed by atoms with van der Waals surface area (Å²) in [6.07, 6.45) is 6.23. The Kier molecular flexibility index (Phi) is 2.81. The summed E-state index contributed by atoms with van der Waals surface area (Å²) in [5.41, 5.74) is 2.07. The molecule has 1 aliphatic rings. The van der Waals surface area contributed by atoms with E-state index in [-0.39, 0.29) is 6.23 Å². The molecule has 0 aromatic carbocycles. The van der Waals surface area contributed by atoms with E-state index in [4.69, 9.17) is 4.74 Å². The second-order valence-corrected chi connectivity index (χ2v) is 4.44. The predicted molar refractivity (Wildman–Crippen MR) is 65.7 cm³/mol. The molecule has 2 aromatic heterocycles. The van der Waals surface area contributed by atoms with Crippen LogP contribution < -0.4 is 0 Å². The maximum atomic E-state index is 5.79. The fourth-order valence-corrected chi connectivity index (χ4v) is 2.41. The average molecular weight is 231 g/mol. The van der Waals surface area contributed by atoms with Gasteiger partial charge in [-0.25, -0.2) is 9.67 Å². The van der Waals surface area contributed by atoms with Gasteiger partial charge in [-0.1, -0.05) is 6.92 Å². The van der Waals surface area contributed by atoms with Crippen molar-refractivity contribution in [2.45, 2.75) is 38.8 Å². The molecule has 1 aliphatic heterocycles. The van der Waals surface area contributed by atoms with Crippen LogP contribution in [0, 0.1) is 0 Å². The Morgan fingerprint density at radius 2 is 2.41 bits per heavy atom. The molecule has 0 radical (unpaired) electrons. The lowest BCUT2D eigenvalue weighted by molar-refractivity contribution is -0.0372. The molecule has 90 valence electrons. The Hall–Kier alpha value is -1.42. The summed E-state index contributed by atoms with van der Waals surface area (Å²) >= 11 is 0. The molecule has 2 aromatic rings. The van der Waals surface area contributed by atoms with Crippen molar-refractivity contribution in [2.75, 3.05) is 6.61 Å². The lowest BCUT2D eigenvalue weighted by Crippen LogP contribution is -2.19. The van der Waals surface area contributed by atoms with Gasteiger partial charge in [-0.3, -0.25) is 0 Å². The fraction of sp³-hybridized carbons (Fsp3) is 0.538. The summed E-state index contributed by atoms with van der Waals surface area (Å²) in [5, 5.41) is 5.82. The lowest BCUT2D eigenvalue weighted by atomic mass is 10.2. The minimum Gasteiger partial charge on any atom is -0.356 e. The molecule has 4 heteroatoms. The highest BCUT2D eigenvalue weighted by molar-refractivity contribution is 5.78. The predicted octanol–water partition coefficient (Wildman–Crippen LogP) is 2.69. The van der Waals surface area contributed by atoms with Crippen LogP contribution in [0.3, 0.4) is 0 Å². The van der Waals surface area contributed by atoms with E-state index in [2.05, 4.69) is 23.1 Å². The van der Waals surface area contributed by atoms with Gasteiger partial charge in [-0.15, -0.1) is 0 Å². The van der Waals surface area contributed by atoms with Gasteiger partial charge in [0, 0.05) is 18.2 Å². The van der Waals surface area contributed by atoms with E-state index in [1.54, 1.807) is 0 Å². The second kappa shape index (κ2) is 4.45. The number of fused-ring (bicyclic) bond motifs is 1. The van der Waals surface area contributed by atoms with Crippen LogP contribution in [0.15, 0.2) is 18.3 Å². The molecule has 0 saturated carbocycles. The third kappa shape index (κ3) is 1.82. The molecule has 17 heavy (non-hydrogen) atoms. The first-order valence-electron chi connectivity index (χ1n) is 6.34. The molecule has 0 N–H and O–H groups in total. The number of hydrogen-bond donors (Lipinski definition) is 0. The summed E-state index contributed by atoms with van der Waals surface area (Å²) < 4.78 is 7.76. The van der Waals surface area contributed by atoms with E-state index in [1.807, 2.05) is 16.9 Å². The van der Waals surface area contributed by atoms with Gasteiger partial charge in [0.15, 0.2) is 11.9 Å². The van der Waals surface area contributed by atoms with Crippen LogP contribution in [0.5, 0.6) is 0 Å². The topological polar surface area (TPSA) is 39.9 Å². The van der Waals surface area contributed by atoms with Gasteiger partial charge < -0.3 is 4.74 Å². The molecular weight excluding hydrogens is 214 g/mol. The van der Waals surface area contributed by atoms with E-state index >= 15 is 0 Å². The Morgan fingerprint density at radius 1 is 1.47 bits per heavy atom. The van der Waals surface area contributed by atoms with Gasteiger partial charge in [-0.05, 0) is 37.8 Å². The van der Waals surface area contributed by atoms with Crippen LogP contribution in [0.25, 0.3) is 11.0 Å². The van der Waals surface area contributed by atoms with Gasteiger partial charge in [0.1, 0.15) is 0 Å². The van der Waals surface area contributed by atoms with Crippen molar-refractivity contribution in [1.82, 2.24) is 14.8 Å². The van der Waals surface area contributed by atoms with Gasteiger partial charge in [0.25, 0.3) is 0 Å². The molecule has 1 fully saturated rings. The largest absolute Gasteiger partial charge is 0.356 e. The van der Waals surface area contributed by atoms with Crippen LogP contribution in [-0.4, -0.2) is 21.4 Å². The van der Waals surface area contributed by atoms with E-state index in [0.29, 0.717) is 0 Å². The maximum absolute atomic E-state index is 5.79. The smallest absolute Gasteiger partial charge is 0.160 e. The first-order valence-corrected chi connectivity index (χ1v) is 6.34. The van der Waals surface area contributed by atoms with Crippen molar-refractivity contribution < 1.29 is 4.74 Å². The van der Waals surface area contributed by atoms with E-state index < -0.39 is 0 Å². The van der Waals surface area contributed by atoms with Crippen molar-refractivity contribution in [3.05, 3.63) is 24.0 Å². The van der Waals surface area contributed by atoms with Crippen molar-refractivity contribution >= 4 is 11.0 Å². The van der Waals surface area contributed by atoms with Gasteiger partial charge >= 0.3 is 0 Å².